The van der Waals surface area contributed by atoms with Gasteiger partial charge in [-0.2, -0.15) is 0 Å². The molecule has 4 aromatic rings. The summed E-state index contributed by atoms with van der Waals surface area (Å²) in [6.45, 7) is 1.92. The molecule has 1 N–H and O–H groups in total. The number of hydrogen-bond acceptors (Lipinski definition) is 4. The van der Waals surface area contributed by atoms with Gasteiger partial charge in [0.25, 0.3) is 11.8 Å². The van der Waals surface area contributed by atoms with Crippen LogP contribution in [0.1, 0.15) is 37.8 Å². The Morgan fingerprint density at radius 2 is 1.61 bits per heavy atom. The van der Waals surface area contributed by atoms with E-state index in [1.54, 1.807) is 36.7 Å². The van der Waals surface area contributed by atoms with Gasteiger partial charge in [0.2, 0.25) is 5.91 Å². The van der Waals surface area contributed by atoms with Crippen molar-refractivity contribution in [3.63, 3.8) is 0 Å². The maximum absolute atomic E-state index is 13.4. The molecule has 1 aliphatic heterocycles. The summed E-state index contributed by atoms with van der Waals surface area (Å²) in [6, 6.07) is 21.8. The predicted octanol–water partition coefficient (Wildman–Crippen LogP) is 4.56. The molecular formula is C27H21N3O3. The van der Waals surface area contributed by atoms with E-state index < -0.39 is 5.92 Å². The van der Waals surface area contributed by atoms with Gasteiger partial charge in [-0.15, -0.1) is 0 Å². The molecule has 1 aromatic heterocycles. The average Bonchev–Trinajstić information content (AvgIpc) is 3.08. The fourth-order valence-corrected chi connectivity index (χ4v) is 4.12. The number of fused-ring (bicyclic) bond motifs is 2. The first-order valence-corrected chi connectivity index (χ1v) is 10.7. The number of nitrogens with zero attached hydrogens (tertiary/aromatic N) is 2. The van der Waals surface area contributed by atoms with Gasteiger partial charge in [-0.25, -0.2) is 0 Å². The lowest BCUT2D eigenvalue weighted by Crippen LogP contribution is -2.38. The number of amides is 3. The minimum absolute atomic E-state index is 0.0429. The van der Waals surface area contributed by atoms with E-state index in [2.05, 4.69) is 10.3 Å². The summed E-state index contributed by atoms with van der Waals surface area (Å²) in [5.41, 5.74) is 3.17. The lowest BCUT2D eigenvalue weighted by molar-refractivity contribution is -0.117. The molecule has 0 saturated heterocycles. The molecule has 1 atom stereocenters. The molecule has 2 heterocycles. The highest BCUT2D eigenvalue weighted by Gasteiger charge is 2.38. The van der Waals surface area contributed by atoms with Crippen LogP contribution in [-0.4, -0.2) is 34.2 Å². The molecule has 0 radical (unpaired) electrons. The number of hydrogen-bond donors (Lipinski definition) is 1. The van der Waals surface area contributed by atoms with Crippen LogP contribution in [0.25, 0.3) is 10.8 Å². The molecule has 6 heteroatoms. The molecule has 3 aromatic carbocycles. The lowest BCUT2D eigenvalue weighted by atomic mass is 9.96. The number of pyridine rings is 1. The number of anilines is 1. The van der Waals surface area contributed by atoms with Crippen molar-refractivity contribution in [2.75, 3.05) is 11.9 Å². The Kier molecular flexibility index (Phi) is 5.18. The smallest absolute Gasteiger partial charge is 0.261 e. The summed E-state index contributed by atoms with van der Waals surface area (Å²) in [7, 11) is 0. The third kappa shape index (κ3) is 3.87. The monoisotopic (exact) mass is 435 g/mol. The van der Waals surface area contributed by atoms with E-state index in [1.807, 2.05) is 55.5 Å². The third-order valence-corrected chi connectivity index (χ3v) is 5.95. The normalized spacial score (nSPS) is 13.8. The SMILES string of the molecule is Cc1ccc(C(CN2C(=O)c3ccccc3C2=O)C(=O)Nc2ccc3cnccc3c2)cc1. The van der Waals surface area contributed by atoms with Crippen LogP contribution in [-0.2, 0) is 4.79 Å². The van der Waals surface area contributed by atoms with Crippen molar-refractivity contribution in [2.45, 2.75) is 12.8 Å². The van der Waals surface area contributed by atoms with Crippen LogP contribution in [0.5, 0.6) is 0 Å². The van der Waals surface area contributed by atoms with Crippen LogP contribution in [0.4, 0.5) is 5.69 Å². The molecule has 0 fully saturated rings. The van der Waals surface area contributed by atoms with E-state index in [-0.39, 0.29) is 24.3 Å². The molecule has 33 heavy (non-hydrogen) atoms. The Labute approximate surface area is 190 Å². The number of rotatable bonds is 5. The van der Waals surface area contributed by atoms with E-state index in [0.29, 0.717) is 16.8 Å². The standard InChI is InChI=1S/C27H21N3O3/c1-17-6-8-18(9-7-17)24(16-30-26(32)22-4-2-3-5-23(22)27(30)33)25(31)29-21-11-10-20-15-28-13-12-19(20)14-21/h2-15,24H,16H2,1H3,(H,29,31). The molecule has 3 amide bonds. The Hall–Kier alpha value is -4.32. The molecule has 0 aliphatic carbocycles. The largest absolute Gasteiger partial charge is 0.325 e. The zero-order valence-electron chi connectivity index (χ0n) is 18.0. The topological polar surface area (TPSA) is 79.4 Å². The van der Waals surface area contributed by atoms with Gasteiger partial charge in [-0.3, -0.25) is 24.3 Å². The summed E-state index contributed by atoms with van der Waals surface area (Å²) in [6.07, 6.45) is 3.46. The quantitative estimate of drug-likeness (QED) is 0.466. The van der Waals surface area contributed by atoms with Crippen LogP contribution < -0.4 is 5.32 Å². The minimum atomic E-state index is -0.721. The van der Waals surface area contributed by atoms with Crippen LogP contribution in [0.2, 0.25) is 0 Å². The number of carbonyl (C=O) groups excluding carboxylic acids is 3. The van der Waals surface area contributed by atoms with E-state index in [4.69, 9.17) is 0 Å². The van der Waals surface area contributed by atoms with E-state index in [9.17, 15) is 14.4 Å². The number of aromatic nitrogens is 1. The third-order valence-electron chi connectivity index (χ3n) is 5.95. The second kappa shape index (κ2) is 8.31. The van der Waals surface area contributed by atoms with Crippen molar-refractivity contribution >= 4 is 34.2 Å². The number of imide groups is 1. The summed E-state index contributed by atoms with van der Waals surface area (Å²) >= 11 is 0. The molecule has 5 rings (SSSR count). The number of nitrogens with one attached hydrogen (secondary N) is 1. The molecule has 6 nitrogen and oxygen atoms in total. The van der Waals surface area contributed by atoms with Gasteiger partial charge in [0.1, 0.15) is 0 Å². The first kappa shape index (κ1) is 20.6. The lowest BCUT2D eigenvalue weighted by Gasteiger charge is -2.23. The van der Waals surface area contributed by atoms with Crippen molar-refractivity contribution < 1.29 is 14.4 Å². The summed E-state index contributed by atoms with van der Waals surface area (Å²) in [4.78, 5) is 44.6. The molecule has 1 unspecified atom stereocenters. The predicted molar refractivity (Wildman–Crippen MR) is 126 cm³/mol. The molecule has 1 aliphatic rings. The van der Waals surface area contributed by atoms with Crippen molar-refractivity contribution in [1.29, 1.82) is 0 Å². The highest BCUT2D eigenvalue weighted by molar-refractivity contribution is 6.21. The zero-order valence-corrected chi connectivity index (χ0v) is 18.0. The van der Waals surface area contributed by atoms with Crippen LogP contribution >= 0.6 is 0 Å². The van der Waals surface area contributed by atoms with Crippen LogP contribution in [0.15, 0.2) is 85.2 Å². The Bertz CT molecular complexity index is 1360. The van der Waals surface area contributed by atoms with E-state index >= 15 is 0 Å². The van der Waals surface area contributed by atoms with Gasteiger partial charge >= 0.3 is 0 Å². The summed E-state index contributed by atoms with van der Waals surface area (Å²) < 4.78 is 0. The first-order valence-electron chi connectivity index (χ1n) is 10.7. The summed E-state index contributed by atoms with van der Waals surface area (Å²) in [5, 5.41) is 4.89. The van der Waals surface area contributed by atoms with Gasteiger partial charge in [0.05, 0.1) is 17.0 Å². The van der Waals surface area contributed by atoms with Crippen molar-refractivity contribution in [3.8, 4) is 0 Å². The number of carbonyl (C=O) groups is 3. The second-order valence-corrected chi connectivity index (χ2v) is 8.16. The van der Waals surface area contributed by atoms with Gasteiger partial charge in [0.15, 0.2) is 0 Å². The Morgan fingerprint density at radius 1 is 0.909 bits per heavy atom. The molecule has 0 saturated carbocycles. The average molecular weight is 435 g/mol. The van der Waals surface area contributed by atoms with Gasteiger partial charge in [-0.1, -0.05) is 48.0 Å². The number of aryl methyl sites for hydroxylation is 1. The molecule has 0 spiro atoms. The van der Waals surface area contributed by atoms with Crippen molar-refractivity contribution in [2.24, 2.45) is 0 Å². The first-order chi connectivity index (χ1) is 16.0. The Balaban J connectivity index is 1.45. The van der Waals surface area contributed by atoms with Gasteiger partial charge < -0.3 is 5.32 Å². The maximum atomic E-state index is 13.4. The molecule has 0 bridgehead atoms. The zero-order chi connectivity index (χ0) is 22.9. The van der Waals surface area contributed by atoms with Crippen molar-refractivity contribution in [3.05, 3.63) is 107 Å². The highest BCUT2D eigenvalue weighted by Crippen LogP contribution is 2.28. The van der Waals surface area contributed by atoms with Crippen molar-refractivity contribution in [1.82, 2.24) is 9.88 Å². The van der Waals surface area contributed by atoms with E-state index in [0.717, 1.165) is 21.9 Å². The maximum Gasteiger partial charge on any atom is 0.261 e. The molecule has 162 valence electrons. The molecular weight excluding hydrogens is 414 g/mol. The van der Waals surface area contributed by atoms with Crippen LogP contribution in [0.3, 0.4) is 0 Å². The van der Waals surface area contributed by atoms with E-state index in [1.165, 1.54) is 4.90 Å². The number of benzene rings is 3. The highest BCUT2D eigenvalue weighted by atomic mass is 16.2. The fraction of sp³-hybridized carbons (Fsp3) is 0.111. The Morgan fingerprint density at radius 3 is 2.30 bits per heavy atom. The van der Waals surface area contributed by atoms with Gasteiger partial charge in [0, 0.05) is 30.0 Å². The van der Waals surface area contributed by atoms with Crippen LogP contribution in [0, 0.1) is 6.92 Å². The fourth-order valence-electron chi connectivity index (χ4n) is 4.12. The summed E-state index contributed by atoms with van der Waals surface area (Å²) in [5.74, 6) is -1.76. The minimum Gasteiger partial charge on any atom is -0.325 e. The van der Waals surface area contributed by atoms with Gasteiger partial charge in [-0.05, 0) is 48.2 Å². The second-order valence-electron chi connectivity index (χ2n) is 8.16.